The highest BCUT2D eigenvalue weighted by Gasteiger charge is 2.41. The van der Waals surface area contributed by atoms with Gasteiger partial charge in [-0.2, -0.15) is 0 Å². The van der Waals surface area contributed by atoms with Crippen LogP contribution in [0.1, 0.15) is 5.82 Å². The van der Waals surface area contributed by atoms with Gasteiger partial charge in [-0.3, -0.25) is 0 Å². The average molecular weight is 165 g/mol. The van der Waals surface area contributed by atoms with Crippen LogP contribution in [0.25, 0.3) is 0 Å². The molecular weight excluding hydrogens is 154 g/mol. The van der Waals surface area contributed by atoms with Crippen LogP contribution < -0.4 is 5.32 Å². The van der Waals surface area contributed by atoms with Crippen LogP contribution in [0.15, 0.2) is 18.5 Å². The van der Waals surface area contributed by atoms with E-state index in [9.17, 15) is 0 Å². The predicted molar refractivity (Wildman–Crippen MR) is 43.6 cm³/mol. The summed E-state index contributed by atoms with van der Waals surface area (Å²) in [6.45, 7) is 1.32. The lowest BCUT2D eigenvalue weighted by Crippen LogP contribution is -2.57. The van der Waals surface area contributed by atoms with Gasteiger partial charge >= 0.3 is 0 Å². The molecule has 0 unspecified atom stereocenters. The Bertz CT molecular complexity index is 253. The molecule has 0 spiro atoms. The van der Waals surface area contributed by atoms with E-state index in [0.717, 1.165) is 5.82 Å². The summed E-state index contributed by atoms with van der Waals surface area (Å²) in [6, 6.07) is 1.81. The minimum absolute atomic E-state index is 0.138. The first-order valence-corrected chi connectivity index (χ1v) is 3.91. The van der Waals surface area contributed by atoms with Crippen LogP contribution >= 0.6 is 0 Å². The molecule has 0 bridgehead atoms. The number of aromatic nitrogens is 2. The van der Waals surface area contributed by atoms with Crippen LogP contribution in [0.4, 0.5) is 0 Å². The lowest BCUT2D eigenvalue weighted by molar-refractivity contribution is -0.0793. The van der Waals surface area contributed by atoms with Crippen molar-refractivity contribution in [2.75, 3.05) is 20.3 Å². The fourth-order valence-corrected chi connectivity index (χ4v) is 1.24. The third kappa shape index (κ3) is 1.00. The van der Waals surface area contributed by atoms with E-state index >= 15 is 0 Å². The second-order valence-corrected chi connectivity index (χ2v) is 2.90. The Morgan fingerprint density at radius 1 is 1.42 bits per heavy atom. The maximum atomic E-state index is 5.14. The number of nitrogens with one attached hydrogen (secondary N) is 1. The quantitative estimate of drug-likeness (QED) is 0.666. The van der Waals surface area contributed by atoms with Gasteiger partial charge in [0, 0.05) is 12.4 Å². The highest BCUT2D eigenvalue weighted by Crippen LogP contribution is 2.25. The summed E-state index contributed by atoms with van der Waals surface area (Å²) in [5.74, 6) is 0.818. The molecule has 1 aliphatic heterocycles. The molecule has 1 aromatic rings. The van der Waals surface area contributed by atoms with E-state index in [2.05, 4.69) is 15.3 Å². The lowest BCUT2D eigenvalue weighted by Gasteiger charge is -2.39. The largest absolute Gasteiger partial charge is 0.376 e. The summed E-state index contributed by atoms with van der Waals surface area (Å²) in [5.41, 5.74) is -0.138. The number of rotatable bonds is 2. The molecule has 1 saturated heterocycles. The van der Waals surface area contributed by atoms with Gasteiger partial charge in [0.2, 0.25) is 0 Å². The lowest BCUT2D eigenvalue weighted by atomic mass is 9.97. The molecule has 2 rings (SSSR count). The summed E-state index contributed by atoms with van der Waals surface area (Å²) >= 11 is 0. The zero-order valence-corrected chi connectivity index (χ0v) is 6.95. The van der Waals surface area contributed by atoms with Gasteiger partial charge in [0.25, 0.3) is 0 Å². The Morgan fingerprint density at radius 3 is 2.50 bits per heavy atom. The molecule has 0 aliphatic carbocycles. The first-order valence-electron chi connectivity index (χ1n) is 3.91. The molecule has 0 saturated carbocycles. The molecule has 0 aromatic carbocycles. The van der Waals surface area contributed by atoms with Crippen LogP contribution in [-0.2, 0) is 10.3 Å². The highest BCUT2D eigenvalue weighted by molar-refractivity contribution is 5.10. The fourth-order valence-electron chi connectivity index (χ4n) is 1.24. The van der Waals surface area contributed by atoms with E-state index in [1.807, 2.05) is 13.1 Å². The van der Waals surface area contributed by atoms with Crippen LogP contribution in [0.5, 0.6) is 0 Å². The van der Waals surface area contributed by atoms with Crippen molar-refractivity contribution in [2.24, 2.45) is 0 Å². The van der Waals surface area contributed by atoms with Crippen molar-refractivity contribution < 1.29 is 4.74 Å². The topological polar surface area (TPSA) is 47.0 Å². The summed E-state index contributed by atoms with van der Waals surface area (Å²) in [4.78, 5) is 8.38. The fraction of sp³-hybridized carbons (Fsp3) is 0.500. The standard InChI is InChI=1S/C8H11N3O/c1-9-8(5-12-6-8)7-10-3-2-4-11-7/h2-4,9H,5-6H2,1H3. The van der Waals surface area contributed by atoms with Gasteiger partial charge in [0.15, 0.2) is 5.82 Å². The molecule has 1 N–H and O–H groups in total. The van der Waals surface area contributed by atoms with Crippen LogP contribution in [0, 0.1) is 0 Å². The normalized spacial score (nSPS) is 20.1. The number of hydrogen-bond donors (Lipinski definition) is 1. The Labute approximate surface area is 71.0 Å². The Hall–Kier alpha value is -1.00. The summed E-state index contributed by atoms with van der Waals surface area (Å²) in [5, 5.41) is 3.18. The molecule has 12 heavy (non-hydrogen) atoms. The molecule has 2 heterocycles. The third-order valence-electron chi connectivity index (χ3n) is 2.17. The minimum Gasteiger partial charge on any atom is -0.376 e. The summed E-state index contributed by atoms with van der Waals surface area (Å²) < 4.78 is 5.14. The van der Waals surface area contributed by atoms with Crippen molar-refractivity contribution in [3.8, 4) is 0 Å². The molecular formula is C8H11N3O. The van der Waals surface area contributed by atoms with E-state index in [1.54, 1.807) is 12.4 Å². The van der Waals surface area contributed by atoms with E-state index < -0.39 is 0 Å². The molecule has 4 nitrogen and oxygen atoms in total. The molecule has 0 amide bonds. The van der Waals surface area contributed by atoms with Gasteiger partial charge < -0.3 is 10.1 Å². The van der Waals surface area contributed by atoms with Crippen LogP contribution in [0.2, 0.25) is 0 Å². The van der Waals surface area contributed by atoms with Gasteiger partial charge in [-0.25, -0.2) is 9.97 Å². The maximum Gasteiger partial charge on any atom is 0.152 e. The van der Waals surface area contributed by atoms with Crippen molar-refractivity contribution in [3.05, 3.63) is 24.3 Å². The molecule has 1 aromatic heterocycles. The Balaban J connectivity index is 2.28. The summed E-state index contributed by atoms with van der Waals surface area (Å²) in [6.07, 6.45) is 3.50. The molecule has 0 atom stereocenters. The zero-order chi connectivity index (χ0) is 8.44. The van der Waals surface area contributed by atoms with E-state index in [-0.39, 0.29) is 5.54 Å². The van der Waals surface area contributed by atoms with E-state index in [4.69, 9.17) is 4.74 Å². The molecule has 0 radical (unpaired) electrons. The van der Waals surface area contributed by atoms with Crippen molar-refractivity contribution in [2.45, 2.75) is 5.54 Å². The highest BCUT2D eigenvalue weighted by atomic mass is 16.5. The van der Waals surface area contributed by atoms with Gasteiger partial charge in [0.1, 0.15) is 5.54 Å². The van der Waals surface area contributed by atoms with E-state index in [0.29, 0.717) is 13.2 Å². The maximum absolute atomic E-state index is 5.14. The van der Waals surface area contributed by atoms with Crippen molar-refractivity contribution in [1.82, 2.24) is 15.3 Å². The number of hydrogen-bond acceptors (Lipinski definition) is 4. The first kappa shape index (κ1) is 7.64. The predicted octanol–water partition coefficient (Wildman–Crippen LogP) is -0.0785. The average Bonchev–Trinajstić information content (AvgIpc) is 2.05. The van der Waals surface area contributed by atoms with Crippen molar-refractivity contribution in [1.29, 1.82) is 0 Å². The van der Waals surface area contributed by atoms with E-state index in [1.165, 1.54) is 0 Å². The second kappa shape index (κ2) is 2.80. The van der Waals surface area contributed by atoms with Crippen LogP contribution in [0.3, 0.4) is 0 Å². The van der Waals surface area contributed by atoms with Crippen molar-refractivity contribution >= 4 is 0 Å². The molecule has 1 fully saturated rings. The number of nitrogens with zero attached hydrogens (tertiary/aromatic N) is 2. The third-order valence-corrected chi connectivity index (χ3v) is 2.17. The Morgan fingerprint density at radius 2 is 2.08 bits per heavy atom. The second-order valence-electron chi connectivity index (χ2n) is 2.90. The van der Waals surface area contributed by atoms with Crippen LogP contribution in [-0.4, -0.2) is 30.2 Å². The molecule has 4 heteroatoms. The van der Waals surface area contributed by atoms with Gasteiger partial charge in [-0.1, -0.05) is 0 Å². The minimum atomic E-state index is -0.138. The van der Waals surface area contributed by atoms with Crippen molar-refractivity contribution in [3.63, 3.8) is 0 Å². The number of ether oxygens (including phenoxy) is 1. The van der Waals surface area contributed by atoms with Gasteiger partial charge in [0.05, 0.1) is 13.2 Å². The molecule has 1 aliphatic rings. The van der Waals surface area contributed by atoms with Gasteiger partial charge in [-0.05, 0) is 13.1 Å². The smallest absolute Gasteiger partial charge is 0.152 e. The first-order chi connectivity index (χ1) is 5.87. The monoisotopic (exact) mass is 165 g/mol. The van der Waals surface area contributed by atoms with Gasteiger partial charge in [-0.15, -0.1) is 0 Å². The number of likely N-dealkylation sites (N-methyl/N-ethyl adjacent to an activating group) is 1. The molecule has 64 valence electrons. The Kier molecular flexibility index (Phi) is 1.78. The zero-order valence-electron chi connectivity index (χ0n) is 6.95. The summed E-state index contributed by atoms with van der Waals surface area (Å²) in [7, 11) is 1.90. The SMILES string of the molecule is CNC1(c2ncccn2)COC1.